The minimum Gasteiger partial charge on any atom is -0.481 e. The Bertz CT molecular complexity index is 698. The Kier molecular flexibility index (Phi) is 5.30. The molecule has 0 spiro atoms. The standard InChI is InChI=1S/C20H26N2O4/c1-12(2)13-4-7-16(8-5-13)22-10-9-17(19(22)24)18(23)21-15-6-3-14(11-15)20(25)26/h4-5,7-8,12,14-15,17H,3,6,9-11H2,1-2H3,(H,21,23)(H,25,26)/t14-,15+,17?/m0/s1. The summed E-state index contributed by atoms with van der Waals surface area (Å²) in [4.78, 5) is 37.9. The number of carbonyl (C=O) groups excluding carboxylic acids is 2. The maximum absolute atomic E-state index is 12.7. The first-order chi connectivity index (χ1) is 12.4. The quantitative estimate of drug-likeness (QED) is 0.792. The van der Waals surface area contributed by atoms with Crippen LogP contribution < -0.4 is 10.2 Å². The lowest BCUT2D eigenvalue weighted by Crippen LogP contribution is -2.41. The Morgan fingerprint density at radius 2 is 1.85 bits per heavy atom. The van der Waals surface area contributed by atoms with E-state index < -0.39 is 17.8 Å². The van der Waals surface area contributed by atoms with E-state index in [1.807, 2.05) is 24.3 Å². The molecule has 1 aliphatic heterocycles. The predicted molar refractivity (Wildman–Crippen MR) is 97.9 cm³/mol. The van der Waals surface area contributed by atoms with Crippen LogP contribution in [-0.4, -0.2) is 35.5 Å². The molecule has 140 valence electrons. The van der Waals surface area contributed by atoms with Crippen molar-refractivity contribution < 1.29 is 19.5 Å². The van der Waals surface area contributed by atoms with E-state index in [0.29, 0.717) is 38.1 Å². The first-order valence-electron chi connectivity index (χ1n) is 9.31. The monoisotopic (exact) mass is 358 g/mol. The van der Waals surface area contributed by atoms with Crippen molar-refractivity contribution in [3.63, 3.8) is 0 Å². The van der Waals surface area contributed by atoms with Gasteiger partial charge in [-0.2, -0.15) is 0 Å². The number of aliphatic carboxylic acids is 1. The molecule has 1 unspecified atom stereocenters. The van der Waals surface area contributed by atoms with Gasteiger partial charge in [-0.3, -0.25) is 14.4 Å². The molecule has 1 saturated heterocycles. The Morgan fingerprint density at radius 3 is 2.42 bits per heavy atom. The van der Waals surface area contributed by atoms with E-state index in [1.54, 1.807) is 4.90 Å². The summed E-state index contributed by atoms with van der Waals surface area (Å²) in [6.45, 7) is 4.77. The van der Waals surface area contributed by atoms with E-state index in [9.17, 15) is 14.4 Å². The fraction of sp³-hybridized carbons (Fsp3) is 0.550. The SMILES string of the molecule is CC(C)c1ccc(N2CCC(C(=O)N[C@@H]3CC[C@H](C(=O)O)C3)C2=O)cc1. The van der Waals surface area contributed by atoms with Crippen LogP contribution in [0.3, 0.4) is 0 Å². The Balaban J connectivity index is 1.60. The van der Waals surface area contributed by atoms with Crippen LogP contribution in [0.2, 0.25) is 0 Å². The number of carboxylic acid groups (broad SMARTS) is 1. The minimum absolute atomic E-state index is 0.143. The second-order valence-electron chi connectivity index (χ2n) is 7.63. The van der Waals surface area contributed by atoms with E-state index in [2.05, 4.69) is 19.2 Å². The number of carboxylic acids is 1. The number of rotatable bonds is 5. The lowest BCUT2D eigenvalue weighted by atomic mass is 10.0. The van der Waals surface area contributed by atoms with Gasteiger partial charge in [0.05, 0.1) is 5.92 Å². The van der Waals surface area contributed by atoms with Crippen molar-refractivity contribution in [2.24, 2.45) is 11.8 Å². The van der Waals surface area contributed by atoms with E-state index in [-0.39, 0.29) is 17.9 Å². The molecule has 3 atom stereocenters. The predicted octanol–water partition coefficient (Wildman–Crippen LogP) is 2.53. The number of nitrogens with zero attached hydrogens (tertiary/aromatic N) is 1. The van der Waals surface area contributed by atoms with Gasteiger partial charge >= 0.3 is 5.97 Å². The number of benzene rings is 1. The molecule has 1 heterocycles. The third kappa shape index (κ3) is 3.74. The maximum atomic E-state index is 12.7. The highest BCUT2D eigenvalue weighted by atomic mass is 16.4. The fourth-order valence-electron chi connectivity index (χ4n) is 3.86. The van der Waals surface area contributed by atoms with Crippen molar-refractivity contribution in [2.75, 3.05) is 11.4 Å². The molecule has 6 nitrogen and oxygen atoms in total. The molecule has 1 aromatic carbocycles. The van der Waals surface area contributed by atoms with Gasteiger partial charge in [0.2, 0.25) is 11.8 Å². The van der Waals surface area contributed by atoms with Gasteiger partial charge in [0, 0.05) is 18.3 Å². The molecule has 2 amide bonds. The molecule has 1 saturated carbocycles. The van der Waals surface area contributed by atoms with Crippen molar-refractivity contribution in [1.29, 1.82) is 0 Å². The van der Waals surface area contributed by atoms with Crippen LogP contribution in [-0.2, 0) is 14.4 Å². The molecule has 1 aliphatic carbocycles. The molecule has 3 rings (SSSR count). The molecule has 2 aliphatic rings. The zero-order valence-corrected chi connectivity index (χ0v) is 15.3. The second-order valence-corrected chi connectivity index (χ2v) is 7.63. The molecular formula is C20H26N2O4. The zero-order chi connectivity index (χ0) is 18.8. The van der Waals surface area contributed by atoms with Gasteiger partial charge in [-0.05, 0) is 49.3 Å². The van der Waals surface area contributed by atoms with Gasteiger partial charge in [0.25, 0.3) is 0 Å². The normalized spacial score (nSPS) is 25.7. The highest BCUT2D eigenvalue weighted by molar-refractivity contribution is 6.09. The topological polar surface area (TPSA) is 86.7 Å². The molecule has 1 aromatic rings. The molecule has 26 heavy (non-hydrogen) atoms. The lowest BCUT2D eigenvalue weighted by molar-refractivity contribution is -0.142. The summed E-state index contributed by atoms with van der Waals surface area (Å²) >= 11 is 0. The highest BCUT2D eigenvalue weighted by Gasteiger charge is 2.39. The number of amides is 2. The average Bonchev–Trinajstić information content (AvgIpc) is 3.21. The van der Waals surface area contributed by atoms with E-state index in [4.69, 9.17) is 5.11 Å². The maximum Gasteiger partial charge on any atom is 0.306 e. The zero-order valence-electron chi connectivity index (χ0n) is 15.3. The van der Waals surface area contributed by atoms with Gasteiger partial charge in [0.1, 0.15) is 5.92 Å². The summed E-state index contributed by atoms with van der Waals surface area (Å²) in [6.07, 6.45) is 2.17. The molecule has 2 N–H and O–H groups in total. The van der Waals surface area contributed by atoms with Crippen LogP contribution in [0.5, 0.6) is 0 Å². The van der Waals surface area contributed by atoms with Crippen LogP contribution in [0.25, 0.3) is 0 Å². The largest absolute Gasteiger partial charge is 0.481 e. The van der Waals surface area contributed by atoms with E-state index in [1.165, 1.54) is 5.56 Å². The molecular weight excluding hydrogens is 332 g/mol. The Labute approximate surface area is 153 Å². The van der Waals surface area contributed by atoms with Crippen molar-refractivity contribution in [3.05, 3.63) is 29.8 Å². The van der Waals surface area contributed by atoms with Crippen LogP contribution in [0, 0.1) is 11.8 Å². The summed E-state index contributed by atoms with van der Waals surface area (Å²) in [7, 11) is 0. The number of anilines is 1. The number of carbonyl (C=O) groups is 3. The van der Waals surface area contributed by atoms with Gasteiger partial charge < -0.3 is 15.3 Å². The van der Waals surface area contributed by atoms with Crippen LogP contribution in [0.4, 0.5) is 5.69 Å². The summed E-state index contributed by atoms with van der Waals surface area (Å²) in [5.41, 5.74) is 2.03. The van der Waals surface area contributed by atoms with E-state index >= 15 is 0 Å². The number of hydrogen-bond donors (Lipinski definition) is 2. The van der Waals surface area contributed by atoms with Gasteiger partial charge in [-0.1, -0.05) is 26.0 Å². The first-order valence-corrected chi connectivity index (χ1v) is 9.31. The van der Waals surface area contributed by atoms with Crippen molar-refractivity contribution in [2.45, 2.75) is 51.5 Å². The van der Waals surface area contributed by atoms with E-state index in [0.717, 1.165) is 5.69 Å². The smallest absolute Gasteiger partial charge is 0.306 e. The Morgan fingerprint density at radius 1 is 1.15 bits per heavy atom. The van der Waals surface area contributed by atoms with Crippen molar-refractivity contribution in [3.8, 4) is 0 Å². The molecule has 6 heteroatoms. The van der Waals surface area contributed by atoms with Crippen molar-refractivity contribution in [1.82, 2.24) is 5.32 Å². The summed E-state index contributed by atoms with van der Waals surface area (Å²) in [6, 6.07) is 7.76. The molecule has 0 aromatic heterocycles. The van der Waals surface area contributed by atoms with Crippen LogP contribution in [0.15, 0.2) is 24.3 Å². The third-order valence-corrected chi connectivity index (χ3v) is 5.52. The highest BCUT2D eigenvalue weighted by Crippen LogP contribution is 2.29. The number of nitrogens with one attached hydrogen (secondary N) is 1. The lowest BCUT2D eigenvalue weighted by Gasteiger charge is -2.19. The fourth-order valence-corrected chi connectivity index (χ4v) is 3.86. The van der Waals surface area contributed by atoms with Crippen molar-refractivity contribution >= 4 is 23.5 Å². The summed E-state index contributed by atoms with van der Waals surface area (Å²) in [5, 5.41) is 11.9. The van der Waals surface area contributed by atoms with Gasteiger partial charge in [-0.25, -0.2) is 0 Å². The Hall–Kier alpha value is -2.37. The van der Waals surface area contributed by atoms with Crippen LogP contribution in [0.1, 0.15) is 51.0 Å². The molecule has 0 radical (unpaired) electrons. The number of hydrogen-bond acceptors (Lipinski definition) is 3. The average molecular weight is 358 g/mol. The van der Waals surface area contributed by atoms with Gasteiger partial charge in [-0.15, -0.1) is 0 Å². The summed E-state index contributed by atoms with van der Waals surface area (Å²) in [5.74, 6) is -1.90. The second kappa shape index (κ2) is 7.48. The minimum atomic E-state index is -0.810. The molecule has 2 fully saturated rings. The summed E-state index contributed by atoms with van der Waals surface area (Å²) < 4.78 is 0. The van der Waals surface area contributed by atoms with Gasteiger partial charge in [0.15, 0.2) is 0 Å². The first kappa shape index (κ1) is 18.4. The molecule has 0 bridgehead atoms. The third-order valence-electron chi connectivity index (χ3n) is 5.52. The van der Waals surface area contributed by atoms with Crippen LogP contribution >= 0.6 is 0 Å².